The van der Waals surface area contributed by atoms with Gasteiger partial charge < -0.3 is 15.0 Å². The molecule has 1 aromatic heterocycles. The van der Waals surface area contributed by atoms with Crippen molar-refractivity contribution in [2.75, 3.05) is 12.4 Å². The molecule has 0 aliphatic carbocycles. The third kappa shape index (κ3) is 3.11. The van der Waals surface area contributed by atoms with Crippen molar-refractivity contribution in [2.45, 2.75) is 43.9 Å². The molecule has 2 aliphatic heterocycles. The maximum Gasteiger partial charge on any atom is 0.238 e. The Morgan fingerprint density at radius 3 is 2.72 bits per heavy atom. The van der Waals surface area contributed by atoms with E-state index in [9.17, 15) is 13.2 Å². The third-order valence-corrected chi connectivity index (χ3v) is 8.24. The molecule has 154 valence electrons. The fourth-order valence-corrected chi connectivity index (χ4v) is 5.35. The fourth-order valence-electron chi connectivity index (χ4n) is 3.64. The number of rotatable bonds is 3. The zero-order chi connectivity index (χ0) is 21.0. The predicted octanol–water partition coefficient (Wildman–Crippen LogP) is 1.35. The highest BCUT2D eigenvalue weighted by Crippen LogP contribution is 2.45. The second-order valence-corrected chi connectivity index (χ2v) is 10.5. The number of aliphatic imine (C=N–C) groups is 1. The smallest absolute Gasteiger partial charge is 0.238 e. The summed E-state index contributed by atoms with van der Waals surface area (Å²) >= 11 is 0. The minimum Gasteiger partial charge on any atom is -0.493 e. The summed E-state index contributed by atoms with van der Waals surface area (Å²) in [4.78, 5) is 21.1. The second-order valence-electron chi connectivity index (χ2n) is 7.96. The van der Waals surface area contributed by atoms with Crippen LogP contribution in [0.4, 0.5) is 0 Å². The molecule has 0 saturated carbocycles. The van der Waals surface area contributed by atoms with Crippen molar-refractivity contribution < 1.29 is 22.5 Å². The van der Waals surface area contributed by atoms with E-state index in [4.69, 9.17) is 15.0 Å². The number of aryl methyl sites for hydroxylation is 1. The van der Waals surface area contributed by atoms with E-state index in [1.54, 1.807) is 39.0 Å². The highest BCUT2D eigenvalue weighted by atomic mass is 32.2. The van der Waals surface area contributed by atoms with E-state index in [-0.39, 0.29) is 29.6 Å². The SMILES string of the molecule is Cc1nc(C(=O)Cc2ccc3c(c2)[C@]2(CCO3)CS(=O)(=O)C(C)(C)C(N)=N2)no1. The molecule has 29 heavy (non-hydrogen) atoms. The standard InChI is InChI=1S/C19H22N4O5S/c1-11-21-16(23-28-11)14(24)9-12-4-5-15-13(8-12)19(6-7-27-15)10-29(25,26)18(2,3)17(20)22-19/h4-5,8H,6-7,9-10H2,1-3H3,(H2,20,22)/t19-/m0/s1. The number of carbonyl (C=O) groups is 1. The summed E-state index contributed by atoms with van der Waals surface area (Å²) < 4.78 is 35.3. The summed E-state index contributed by atoms with van der Waals surface area (Å²) in [7, 11) is -3.55. The number of benzene rings is 1. The van der Waals surface area contributed by atoms with E-state index in [0.717, 1.165) is 0 Å². The van der Waals surface area contributed by atoms with Gasteiger partial charge >= 0.3 is 0 Å². The van der Waals surface area contributed by atoms with E-state index >= 15 is 0 Å². The van der Waals surface area contributed by atoms with Gasteiger partial charge in [0.05, 0.1) is 12.4 Å². The van der Waals surface area contributed by atoms with Crippen molar-refractivity contribution in [3.05, 3.63) is 41.0 Å². The first-order valence-corrected chi connectivity index (χ1v) is 10.9. The number of amidine groups is 1. The molecular weight excluding hydrogens is 396 g/mol. The van der Waals surface area contributed by atoms with Crippen LogP contribution in [0.3, 0.4) is 0 Å². The highest BCUT2D eigenvalue weighted by molar-refractivity contribution is 7.93. The van der Waals surface area contributed by atoms with Crippen LogP contribution in [0.5, 0.6) is 5.75 Å². The average Bonchev–Trinajstić information content (AvgIpc) is 3.07. The molecule has 0 unspecified atom stereocenters. The zero-order valence-corrected chi connectivity index (χ0v) is 17.2. The molecule has 3 heterocycles. The Kier molecular flexibility index (Phi) is 4.30. The van der Waals surface area contributed by atoms with Crippen LogP contribution in [-0.4, -0.2) is 47.3 Å². The molecule has 2 aromatic rings. The van der Waals surface area contributed by atoms with Crippen LogP contribution in [-0.2, 0) is 21.8 Å². The van der Waals surface area contributed by atoms with Crippen LogP contribution in [0.2, 0.25) is 0 Å². The molecule has 0 saturated heterocycles. The zero-order valence-electron chi connectivity index (χ0n) is 16.4. The molecule has 0 radical (unpaired) electrons. The van der Waals surface area contributed by atoms with E-state index < -0.39 is 20.1 Å². The van der Waals surface area contributed by atoms with Crippen LogP contribution in [0.15, 0.2) is 27.7 Å². The van der Waals surface area contributed by atoms with Crippen LogP contribution in [0.1, 0.15) is 47.9 Å². The molecule has 1 atom stereocenters. The lowest BCUT2D eigenvalue weighted by molar-refractivity contribution is 0.0980. The Labute approximate surface area is 168 Å². The molecule has 0 fully saturated rings. The summed E-state index contributed by atoms with van der Waals surface area (Å²) in [6, 6.07) is 5.26. The van der Waals surface area contributed by atoms with Crippen molar-refractivity contribution in [2.24, 2.45) is 10.7 Å². The lowest BCUT2D eigenvalue weighted by Gasteiger charge is -2.42. The third-order valence-electron chi connectivity index (χ3n) is 5.62. The Morgan fingerprint density at radius 2 is 2.07 bits per heavy atom. The van der Waals surface area contributed by atoms with Gasteiger partial charge in [-0.1, -0.05) is 11.2 Å². The molecule has 1 aromatic carbocycles. The van der Waals surface area contributed by atoms with Gasteiger partial charge in [0.2, 0.25) is 17.5 Å². The van der Waals surface area contributed by atoms with Gasteiger partial charge in [-0.2, -0.15) is 4.98 Å². The van der Waals surface area contributed by atoms with E-state index in [0.29, 0.717) is 35.8 Å². The number of sulfone groups is 1. The number of fused-ring (bicyclic) bond motifs is 2. The number of hydrogen-bond donors (Lipinski definition) is 1. The molecule has 0 bridgehead atoms. The minimum absolute atomic E-state index is 0.00967. The summed E-state index contributed by atoms with van der Waals surface area (Å²) in [5, 5.41) is 3.65. The predicted molar refractivity (Wildman–Crippen MR) is 105 cm³/mol. The molecule has 10 heteroatoms. The topological polar surface area (TPSA) is 138 Å². The molecule has 0 amide bonds. The first kappa shape index (κ1) is 19.6. The normalized spacial score (nSPS) is 24.4. The number of hydrogen-bond acceptors (Lipinski definition) is 9. The summed E-state index contributed by atoms with van der Waals surface area (Å²) in [6.45, 7) is 5.07. The van der Waals surface area contributed by atoms with Gasteiger partial charge in [0.15, 0.2) is 9.84 Å². The molecular formula is C19H22N4O5S. The number of carbonyl (C=O) groups excluding carboxylic acids is 1. The van der Waals surface area contributed by atoms with Crippen molar-refractivity contribution in [1.29, 1.82) is 0 Å². The summed E-state index contributed by atoms with van der Waals surface area (Å²) in [5.74, 6) is 0.495. The van der Waals surface area contributed by atoms with Crippen LogP contribution >= 0.6 is 0 Å². The van der Waals surface area contributed by atoms with Gasteiger partial charge in [-0.3, -0.25) is 9.79 Å². The maximum absolute atomic E-state index is 13.0. The van der Waals surface area contributed by atoms with E-state index in [1.165, 1.54) is 0 Å². The number of ketones is 1. The molecule has 2 aliphatic rings. The molecule has 1 spiro atoms. The van der Waals surface area contributed by atoms with Crippen molar-refractivity contribution in [1.82, 2.24) is 10.1 Å². The number of nitrogens with zero attached hydrogens (tertiary/aromatic N) is 3. The van der Waals surface area contributed by atoms with Crippen molar-refractivity contribution in [3.8, 4) is 5.75 Å². The van der Waals surface area contributed by atoms with Crippen LogP contribution in [0.25, 0.3) is 0 Å². The quantitative estimate of drug-likeness (QED) is 0.737. The lowest BCUT2D eigenvalue weighted by atomic mass is 9.84. The van der Waals surface area contributed by atoms with Crippen molar-refractivity contribution >= 4 is 21.5 Å². The molecule has 2 N–H and O–H groups in total. The van der Waals surface area contributed by atoms with Gasteiger partial charge in [0.25, 0.3) is 0 Å². The number of Topliss-reactive ketones (excluding diaryl/α,β-unsaturated/α-hetero) is 1. The van der Waals surface area contributed by atoms with Gasteiger partial charge in [-0.15, -0.1) is 0 Å². The number of nitrogens with two attached hydrogens (primary N) is 1. The van der Waals surface area contributed by atoms with E-state index in [2.05, 4.69) is 15.1 Å². The van der Waals surface area contributed by atoms with Gasteiger partial charge in [-0.25, -0.2) is 8.42 Å². The highest BCUT2D eigenvalue weighted by Gasteiger charge is 2.52. The largest absolute Gasteiger partial charge is 0.493 e. The Morgan fingerprint density at radius 1 is 1.31 bits per heavy atom. The fraction of sp³-hybridized carbons (Fsp3) is 0.474. The van der Waals surface area contributed by atoms with Gasteiger partial charge in [-0.05, 0) is 31.5 Å². The number of aromatic nitrogens is 2. The average molecular weight is 418 g/mol. The Balaban J connectivity index is 1.75. The van der Waals surface area contributed by atoms with Gasteiger partial charge in [0.1, 0.15) is 21.9 Å². The minimum atomic E-state index is -3.55. The molecule has 9 nitrogen and oxygen atoms in total. The number of ether oxygens (including phenoxy) is 1. The van der Waals surface area contributed by atoms with Crippen LogP contribution < -0.4 is 10.5 Å². The first-order chi connectivity index (χ1) is 13.5. The summed E-state index contributed by atoms with van der Waals surface area (Å²) in [5.41, 5.74) is 6.38. The monoisotopic (exact) mass is 418 g/mol. The Bertz CT molecular complexity index is 1140. The van der Waals surface area contributed by atoms with Gasteiger partial charge in [0, 0.05) is 25.3 Å². The summed E-state index contributed by atoms with van der Waals surface area (Å²) in [6.07, 6.45) is 0.428. The molecule has 4 rings (SSSR count). The second kappa shape index (κ2) is 6.38. The maximum atomic E-state index is 13.0. The Hall–Kier alpha value is -2.75. The van der Waals surface area contributed by atoms with Crippen molar-refractivity contribution in [3.63, 3.8) is 0 Å². The van der Waals surface area contributed by atoms with E-state index in [1.807, 2.05) is 0 Å². The first-order valence-electron chi connectivity index (χ1n) is 9.22. The van der Waals surface area contributed by atoms with Crippen LogP contribution in [0, 0.1) is 6.92 Å². The lowest BCUT2D eigenvalue weighted by Crippen LogP contribution is -2.56.